The maximum absolute atomic E-state index is 13.3. The lowest BCUT2D eigenvalue weighted by atomic mass is 10.0. The van der Waals surface area contributed by atoms with Crippen LogP contribution in [0.5, 0.6) is 5.75 Å². The number of ether oxygens (including phenoxy) is 1. The molecule has 0 saturated heterocycles. The number of phenolic OH excluding ortho intramolecular Hbond substituents is 1. The van der Waals surface area contributed by atoms with E-state index in [0.29, 0.717) is 12.0 Å². The van der Waals surface area contributed by atoms with Crippen LogP contribution in [0.15, 0.2) is 24.3 Å². The van der Waals surface area contributed by atoms with E-state index in [4.69, 9.17) is 0 Å². The maximum atomic E-state index is 13.3. The molecule has 1 aromatic rings. The van der Waals surface area contributed by atoms with Gasteiger partial charge in [0.2, 0.25) is 0 Å². The van der Waals surface area contributed by atoms with Gasteiger partial charge in [-0.1, -0.05) is 12.2 Å². The molecule has 0 aliphatic heterocycles. The van der Waals surface area contributed by atoms with Crippen LogP contribution in [0.2, 0.25) is 0 Å². The fraction of sp³-hybridized carbons (Fsp3) is 0.250. The molecule has 0 aliphatic rings. The molecule has 86 valence electrons. The van der Waals surface area contributed by atoms with E-state index in [9.17, 15) is 14.3 Å². The van der Waals surface area contributed by atoms with Gasteiger partial charge in [0, 0.05) is 6.07 Å². The number of hydrogen-bond donors (Lipinski definition) is 1. The molecule has 0 fully saturated rings. The van der Waals surface area contributed by atoms with Crippen LogP contribution in [0.1, 0.15) is 22.8 Å². The highest BCUT2D eigenvalue weighted by Gasteiger charge is 2.15. The van der Waals surface area contributed by atoms with Crippen molar-refractivity contribution in [3.63, 3.8) is 0 Å². The number of phenols is 1. The molecule has 0 amide bonds. The molecule has 0 aromatic heterocycles. The molecule has 0 aliphatic carbocycles. The Morgan fingerprint density at radius 2 is 2.19 bits per heavy atom. The summed E-state index contributed by atoms with van der Waals surface area (Å²) in [6.07, 6.45) is 0.385. The Balaban J connectivity index is 3.21. The summed E-state index contributed by atoms with van der Waals surface area (Å²) in [7, 11) is 1.17. The topological polar surface area (TPSA) is 46.5 Å². The Kier molecular flexibility index (Phi) is 3.66. The predicted molar refractivity (Wildman–Crippen MR) is 57.9 cm³/mol. The maximum Gasteiger partial charge on any atom is 0.340 e. The van der Waals surface area contributed by atoms with E-state index in [1.54, 1.807) is 6.92 Å². The zero-order chi connectivity index (χ0) is 12.3. The molecule has 0 atom stereocenters. The van der Waals surface area contributed by atoms with Gasteiger partial charge >= 0.3 is 5.97 Å². The Hall–Kier alpha value is -1.84. The Labute approximate surface area is 93.2 Å². The molecule has 4 heteroatoms. The predicted octanol–water partition coefficient (Wildman–Crippen LogP) is 2.44. The summed E-state index contributed by atoms with van der Waals surface area (Å²) in [6.45, 7) is 5.47. The first-order valence-corrected chi connectivity index (χ1v) is 4.69. The highest BCUT2D eigenvalue weighted by Crippen LogP contribution is 2.24. The van der Waals surface area contributed by atoms with E-state index in [-0.39, 0.29) is 11.3 Å². The molecule has 0 saturated carbocycles. The molecule has 16 heavy (non-hydrogen) atoms. The van der Waals surface area contributed by atoms with E-state index in [2.05, 4.69) is 11.3 Å². The number of aromatic hydroxyl groups is 1. The number of methoxy groups -OCH3 is 1. The summed E-state index contributed by atoms with van der Waals surface area (Å²) in [5.41, 5.74) is 1.07. The monoisotopic (exact) mass is 224 g/mol. The molecule has 1 rings (SSSR count). The van der Waals surface area contributed by atoms with E-state index in [1.165, 1.54) is 13.2 Å². The van der Waals surface area contributed by atoms with Crippen LogP contribution >= 0.6 is 0 Å². The van der Waals surface area contributed by atoms with Gasteiger partial charge < -0.3 is 9.84 Å². The van der Waals surface area contributed by atoms with Crippen molar-refractivity contribution in [3.8, 4) is 5.75 Å². The number of benzene rings is 1. The van der Waals surface area contributed by atoms with Crippen molar-refractivity contribution in [3.05, 3.63) is 41.2 Å². The molecule has 3 nitrogen and oxygen atoms in total. The Morgan fingerprint density at radius 3 is 2.69 bits per heavy atom. The number of halogens is 1. The number of allylic oxidation sites excluding steroid dienone is 1. The van der Waals surface area contributed by atoms with Crippen molar-refractivity contribution in [1.29, 1.82) is 0 Å². The van der Waals surface area contributed by atoms with Crippen LogP contribution in [-0.2, 0) is 11.2 Å². The van der Waals surface area contributed by atoms with E-state index >= 15 is 0 Å². The van der Waals surface area contributed by atoms with Crippen LogP contribution in [0, 0.1) is 5.82 Å². The molecule has 0 heterocycles. The van der Waals surface area contributed by atoms with Crippen molar-refractivity contribution < 1.29 is 19.0 Å². The summed E-state index contributed by atoms with van der Waals surface area (Å²) >= 11 is 0. The van der Waals surface area contributed by atoms with Crippen LogP contribution in [0.25, 0.3) is 0 Å². The third-order valence-electron chi connectivity index (χ3n) is 2.07. The first-order chi connectivity index (χ1) is 7.45. The lowest BCUT2D eigenvalue weighted by molar-refractivity contribution is 0.0595. The SMILES string of the molecule is C=C(C)Cc1cc(C(=O)OC)c(F)cc1O. The number of hydrogen-bond acceptors (Lipinski definition) is 3. The summed E-state index contributed by atoms with van der Waals surface area (Å²) in [4.78, 5) is 11.2. The van der Waals surface area contributed by atoms with Crippen LogP contribution < -0.4 is 0 Å². The normalized spacial score (nSPS) is 9.94. The number of carbonyl (C=O) groups is 1. The average molecular weight is 224 g/mol. The second kappa shape index (κ2) is 4.79. The van der Waals surface area contributed by atoms with Gasteiger partial charge in [-0.05, 0) is 25.0 Å². The Morgan fingerprint density at radius 1 is 1.56 bits per heavy atom. The van der Waals surface area contributed by atoms with Gasteiger partial charge in [0.25, 0.3) is 0 Å². The number of carbonyl (C=O) groups excluding carboxylic acids is 1. The standard InChI is InChI=1S/C12H13FO3/c1-7(2)4-8-5-9(12(15)16-3)10(13)6-11(8)14/h5-6,14H,1,4H2,2-3H3. The molecule has 1 N–H and O–H groups in total. The second-order valence-corrected chi connectivity index (χ2v) is 3.59. The zero-order valence-electron chi connectivity index (χ0n) is 9.21. The van der Waals surface area contributed by atoms with Crippen LogP contribution in [0.4, 0.5) is 4.39 Å². The first kappa shape index (κ1) is 12.2. The van der Waals surface area contributed by atoms with Gasteiger partial charge in [-0.3, -0.25) is 0 Å². The summed E-state index contributed by atoms with van der Waals surface area (Å²) in [5, 5.41) is 9.49. The van der Waals surface area contributed by atoms with Gasteiger partial charge in [-0.2, -0.15) is 0 Å². The van der Waals surface area contributed by atoms with E-state index in [1.807, 2.05) is 0 Å². The van der Waals surface area contributed by atoms with Crippen molar-refractivity contribution in [1.82, 2.24) is 0 Å². The highest BCUT2D eigenvalue weighted by atomic mass is 19.1. The number of rotatable bonds is 3. The molecule has 0 unspecified atom stereocenters. The van der Waals surface area contributed by atoms with Crippen LogP contribution in [-0.4, -0.2) is 18.2 Å². The second-order valence-electron chi connectivity index (χ2n) is 3.59. The van der Waals surface area contributed by atoms with Crippen LogP contribution in [0.3, 0.4) is 0 Å². The van der Waals surface area contributed by atoms with E-state index < -0.39 is 11.8 Å². The summed E-state index contributed by atoms with van der Waals surface area (Å²) in [6, 6.07) is 2.19. The molecular formula is C12H13FO3. The van der Waals surface area contributed by atoms with Crippen molar-refractivity contribution in [2.45, 2.75) is 13.3 Å². The fourth-order valence-corrected chi connectivity index (χ4v) is 1.34. The van der Waals surface area contributed by atoms with Gasteiger partial charge in [0.1, 0.15) is 11.6 Å². The van der Waals surface area contributed by atoms with Gasteiger partial charge in [-0.15, -0.1) is 0 Å². The lowest BCUT2D eigenvalue weighted by Crippen LogP contribution is -2.05. The smallest absolute Gasteiger partial charge is 0.340 e. The highest BCUT2D eigenvalue weighted by molar-refractivity contribution is 5.90. The largest absolute Gasteiger partial charge is 0.508 e. The quantitative estimate of drug-likeness (QED) is 0.633. The van der Waals surface area contributed by atoms with Gasteiger partial charge in [0.15, 0.2) is 0 Å². The molecule has 1 aromatic carbocycles. The summed E-state index contributed by atoms with van der Waals surface area (Å²) < 4.78 is 17.8. The van der Waals surface area contributed by atoms with Gasteiger partial charge in [0.05, 0.1) is 12.7 Å². The average Bonchev–Trinajstić information content (AvgIpc) is 2.20. The van der Waals surface area contributed by atoms with Gasteiger partial charge in [-0.25, -0.2) is 9.18 Å². The minimum absolute atomic E-state index is 0.184. The molecular weight excluding hydrogens is 211 g/mol. The van der Waals surface area contributed by atoms with Crippen molar-refractivity contribution in [2.24, 2.45) is 0 Å². The van der Waals surface area contributed by atoms with Crippen molar-refractivity contribution in [2.75, 3.05) is 7.11 Å². The van der Waals surface area contributed by atoms with E-state index in [0.717, 1.165) is 11.6 Å². The summed E-state index contributed by atoms with van der Waals surface area (Å²) in [5.74, 6) is -1.75. The molecule has 0 spiro atoms. The Bertz CT molecular complexity index is 438. The minimum Gasteiger partial charge on any atom is -0.508 e. The number of esters is 1. The first-order valence-electron chi connectivity index (χ1n) is 4.69. The zero-order valence-corrected chi connectivity index (χ0v) is 9.21. The van der Waals surface area contributed by atoms with Crippen molar-refractivity contribution >= 4 is 5.97 Å². The minimum atomic E-state index is -0.796. The molecule has 0 bridgehead atoms. The molecule has 0 radical (unpaired) electrons. The third-order valence-corrected chi connectivity index (χ3v) is 2.07. The fourth-order valence-electron chi connectivity index (χ4n) is 1.34. The third kappa shape index (κ3) is 2.59. The lowest BCUT2D eigenvalue weighted by Gasteiger charge is -2.07.